The van der Waals surface area contributed by atoms with Gasteiger partial charge in [-0.15, -0.1) is 11.3 Å². The van der Waals surface area contributed by atoms with Gasteiger partial charge in [-0.05, 0) is 35.6 Å². The Labute approximate surface area is 113 Å². The van der Waals surface area contributed by atoms with Crippen LogP contribution in [0.4, 0.5) is 5.82 Å². The van der Waals surface area contributed by atoms with Crippen LogP contribution >= 0.6 is 11.3 Å². The van der Waals surface area contributed by atoms with E-state index in [1.54, 1.807) is 0 Å². The molecule has 2 rings (SSSR count). The van der Waals surface area contributed by atoms with Crippen LogP contribution in [0.15, 0.2) is 29.8 Å². The highest BCUT2D eigenvalue weighted by atomic mass is 32.1. The van der Waals surface area contributed by atoms with Gasteiger partial charge in [-0.1, -0.05) is 6.92 Å². The quantitative estimate of drug-likeness (QED) is 0.899. The zero-order chi connectivity index (χ0) is 13.8. The third kappa shape index (κ3) is 2.79. The summed E-state index contributed by atoms with van der Waals surface area (Å²) in [5, 5.41) is 13.4. The second-order valence-electron chi connectivity index (χ2n) is 3.79. The van der Waals surface area contributed by atoms with Crippen molar-refractivity contribution in [2.45, 2.75) is 13.3 Å². The average molecular weight is 276 g/mol. The van der Waals surface area contributed by atoms with E-state index in [4.69, 9.17) is 5.11 Å². The van der Waals surface area contributed by atoms with E-state index in [-0.39, 0.29) is 17.3 Å². The van der Waals surface area contributed by atoms with Crippen molar-refractivity contribution in [1.82, 2.24) is 4.98 Å². The molecule has 2 aromatic heterocycles. The van der Waals surface area contributed by atoms with Crippen molar-refractivity contribution in [3.05, 3.63) is 45.8 Å². The largest absolute Gasteiger partial charge is 0.478 e. The summed E-state index contributed by atoms with van der Waals surface area (Å²) in [6.45, 7) is 1.96. The molecule has 98 valence electrons. The molecule has 0 spiro atoms. The molecule has 6 heteroatoms. The Bertz CT molecular complexity index is 622. The van der Waals surface area contributed by atoms with E-state index in [1.165, 1.54) is 29.7 Å². The van der Waals surface area contributed by atoms with Crippen LogP contribution < -0.4 is 5.32 Å². The number of nitrogens with zero attached hydrogens (tertiary/aromatic N) is 1. The van der Waals surface area contributed by atoms with Crippen molar-refractivity contribution >= 4 is 29.0 Å². The highest BCUT2D eigenvalue weighted by Crippen LogP contribution is 2.20. The van der Waals surface area contributed by atoms with Crippen LogP contribution in [0.25, 0.3) is 0 Å². The SMILES string of the molecule is CCc1ccsc1C(=O)Nc1ncccc1C(=O)O. The molecular formula is C13H12N2O3S. The summed E-state index contributed by atoms with van der Waals surface area (Å²) in [5.41, 5.74) is 0.917. The van der Waals surface area contributed by atoms with Crippen LogP contribution in [0.1, 0.15) is 32.5 Å². The lowest BCUT2D eigenvalue weighted by Gasteiger charge is -2.06. The van der Waals surface area contributed by atoms with Crippen molar-refractivity contribution in [3.8, 4) is 0 Å². The monoisotopic (exact) mass is 276 g/mol. The van der Waals surface area contributed by atoms with Crippen LogP contribution in [0.2, 0.25) is 0 Å². The van der Waals surface area contributed by atoms with E-state index in [0.29, 0.717) is 4.88 Å². The third-order valence-electron chi connectivity index (χ3n) is 2.60. The molecule has 0 radical (unpaired) electrons. The van der Waals surface area contributed by atoms with Crippen molar-refractivity contribution in [2.24, 2.45) is 0 Å². The Morgan fingerprint density at radius 2 is 2.21 bits per heavy atom. The lowest BCUT2D eigenvalue weighted by Crippen LogP contribution is -2.16. The zero-order valence-corrected chi connectivity index (χ0v) is 11.0. The maximum Gasteiger partial charge on any atom is 0.339 e. The van der Waals surface area contributed by atoms with E-state index in [2.05, 4.69) is 10.3 Å². The molecule has 5 nitrogen and oxygen atoms in total. The first-order valence-corrected chi connectivity index (χ1v) is 6.57. The number of nitrogens with one attached hydrogen (secondary N) is 1. The molecule has 0 aromatic carbocycles. The number of thiophene rings is 1. The van der Waals surface area contributed by atoms with Gasteiger partial charge in [0.05, 0.1) is 4.88 Å². The Morgan fingerprint density at radius 3 is 2.89 bits per heavy atom. The maximum absolute atomic E-state index is 12.1. The van der Waals surface area contributed by atoms with Crippen molar-refractivity contribution in [2.75, 3.05) is 5.32 Å². The number of aryl methyl sites for hydroxylation is 1. The number of anilines is 1. The number of aromatic nitrogens is 1. The molecule has 19 heavy (non-hydrogen) atoms. The standard InChI is InChI=1S/C13H12N2O3S/c1-2-8-5-7-19-10(8)12(16)15-11-9(13(17)18)4-3-6-14-11/h3-7H,2H2,1H3,(H,17,18)(H,14,15,16). The van der Waals surface area contributed by atoms with Gasteiger partial charge < -0.3 is 10.4 Å². The fraction of sp³-hybridized carbons (Fsp3) is 0.154. The number of carbonyl (C=O) groups excluding carboxylic acids is 1. The predicted molar refractivity (Wildman–Crippen MR) is 72.8 cm³/mol. The number of rotatable bonds is 4. The minimum atomic E-state index is -1.12. The third-order valence-corrected chi connectivity index (χ3v) is 3.56. The number of aromatic carboxylic acids is 1. The van der Waals surface area contributed by atoms with Crippen LogP contribution in [0.3, 0.4) is 0 Å². The van der Waals surface area contributed by atoms with Gasteiger partial charge in [0.15, 0.2) is 0 Å². The van der Waals surface area contributed by atoms with Gasteiger partial charge in [-0.3, -0.25) is 4.79 Å². The van der Waals surface area contributed by atoms with Crippen LogP contribution in [-0.2, 0) is 6.42 Å². The topological polar surface area (TPSA) is 79.3 Å². The van der Waals surface area contributed by atoms with E-state index in [9.17, 15) is 9.59 Å². The number of amides is 1. The van der Waals surface area contributed by atoms with Crippen molar-refractivity contribution in [1.29, 1.82) is 0 Å². The van der Waals surface area contributed by atoms with E-state index in [0.717, 1.165) is 12.0 Å². The van der Waals surface area contributed by atoms with Crippen molar-refractivity contribution in [3.63, 3.8) is 0 Å². The van der Waals surface area contributed by atoms with E-state index < -0.39 is 5.97 Å². The number of carboxylic acids is 1. The summed E-state index contributed by atoms with van der Waals surface area (Å²) in [5.74, 6) is -1.38. The number of carboxylic acid groups (broad SMARTS) is 1. The first-order chi connectivity index (χ1) is 9.13. The Kier molecular flexibility index (Phi) is 3.91. The minimum Gasteiger partial charge on any atom is -0.478 e. The normalized spacial score (nSPS) is 10.2. The molecule has 1 amide bonds. The smallest absolute Gasteiger partial charge is 0.339 e. The van der Waals surface area contributed by atoms with E-state index in [1.807, 2.05) is 18.4 Å². The van der Waals surface area contributed by atoms with Crippen LogP contribution in [0.5, 0.6) is 0 Å². The molecule has 0 bridgehead atoms. The highest BCUT2D eigenvalue weighted by molar-refractivity contribution is 7.12. The van der Waals surface area contributed by atoms with Gasteiger partial charge in [-0.25, -0.2) is 9.78 Å². The first kappa shape index (κ1) is 13.2. The maximum atomic E-state index is 12.1. The minimum absolute atomic E-state index is 0.0227. The lowest BCUT2D eigenvalue weighted by molar-refractivity contribution is 0.0697. The van der Waals surface area contributed by atoms with Crippen LogP contribution in [-0.4, -0.2) is 22.0 Å². The number of hydrogen-bond donors (Lipinski definition) is 2. The molecule has 2 N–H and O–H groups in total. The fourth-order valence-electron chi connectivity index (χ4n) is 1.66. The van der Waals surface area contributed by atoms with Crippen LogP contribution in [0, 0.1) is 0 Å². The summed E-state index contributed by atoms with van der Waals surface area (Å²) >= 11 is 1.33. The molecule has 0 saturated carbocycles. The molecule has 0 aliphatic rings. The first-order valence-electron chi connectivity index (χ1n) is 5.69. The highest BCUT2D eigenvalue weighted by Gasteiger charge is 2.16. The summed E-state index contributed by atoms with van der Waals surface area (Å²) in [6.07, 6.45) is 2.19. The van der Waals surface area contributed by atoms with Gasteiger partial charge in [0, 0.05) is 6.20 Å². The number of pyridine rings is 1. The summed E-state index contributed by atoms with van der Waals surface area (Å²) in [4.78, 5) is 27.6. The Hall–Kier alpha value is -2.21. The summed E-state index contributed by atoms with van der Waals surface area (Å²) in [7, 11) is 0. The molecule has 0 aliphatic heterocycles. The molecular weight excluding hydrogens is 264 g/mol. The fourth-order valence-corrected chi connectivity index (χ4v) is 2.55. The molecule has 0 atom stereocenters. The molecule has 0 unspecified atom stereocenters. The van der Waals surface area contributed by atoms with Gasteiger partial charge in [0.2, 0.25) is 0 Å². The molecule has 2 aromatic rings. The number of carbonyl (C=O) groups is 2. The number of hydrogen-bond acceptors (Lipinski definition) is 4. The molecule has 2 heterocycles. The van der Waals surface area contributed by atoms with Crippen molar-refractivity contribution < 1.29 is 14.7 Å². The van der Waals surface area contributed by atoms with Gasteiger partial charge in [0.1, 0.15) is 11.4 Å². The Morgan fingerprint density at radius 1 is 1.42 bits per heavy atom. The Balaban J connectivity index is 2.27. The molecule has 0 aliphatic carbocycles. The van der Waals surface area contributed by atoms with Gasteiger partial charge >= 0.3 is 5.97 Å². The zero-order valence-electron chi connectivity index (χ0n) is 10.2. The second-order valence-corrected chi connectivity index (χ2v) is 4.70. The lowest BCUT2D eigenvalue weighted by atomic mass is 10.2. The summed E-state index contributed by atoms with van der Waals surface area (Å²) < 4.78 is 0. The van der Waals surface area contributed by atoms with Gasteiger partial charge in [-0.2, -0.15) is 0 Å². The predicted octanol–water partition coefficient (Wildman–Crippen LogP) is 2.66. The van der Waals surface area contributed by atoms with E-state index >= 15 is 0 Å². The molecule has 0 fully saturated rings. The summed E-state index contributed by atoms with van der Waals surface area (Å²) in [6, 6.07) is 4.80. The van der Waals surface area contributed by atoms with Gasteiger partial charge in [0.25, 0.3) is 5.91 Å². The second kappa shape index (κ2) is 5.62. The molecule has 0 saturated heterocycles. The average Bonchev–Trinajstić information content (AvgIpc) is 2.87.